The van der Waals surface area contributed by atoms with Crippen LogP contribution >= 0.6 is 11.6 Å². The number of sulfone groups is 1. The van der Waals surface area contributed by atoms with Crippen LogP contribution in [0.2, 0.25) is 5.02 Å². The summed E-state index contributed by atoms with van der Waals surface area (Å²) in [7, 11) is -1.79. The second kappa shape index (κ2) is 6.93. The number of carbonyl (C=O) groups excluding carboxylic acids is 1. The molecule has 26 heavy (non-hydrogen) atoms. The van der Waals surface area contributed by atoms with Crippen LogP contribution in [0, 0.1) is 5.92 Å². The molecule has 0 aromatic heterocycles. The Bertz CT molecular complexity index is 954. The summed E-state index contributed by atoms with van der Waals surface area (Å²) in [5.41, 5.74) is 1.38. The predicted molar refractivity (Wildman–Crippen MR) is 101 cm³/mol. The van der Waals surface area contributed by atoms with E-state index in [0.717, 1.165) is 12.7 Å². The minimum absolute atomic E-state index is 0.0460. The van der Waals surface area contributed by atoms with Gasteiger partial charge in [0.2, 0.25) is 5.91 Å². The van der Waals surface area contributed by atoms with E-state index in [-0.39, 0.29) is 28.0 Å². The maximum Gasteiger partial charge on any atom is 0.225 e. The van der Waals surface area contributed by atoms with Crippen LogP contribution in [0.5, 0.6) is 5.75 Å². The van der Waals surface area contributed by atoms with Gasteiger partial charge in [-0.25, -0.2) is 8.42 Å². The highest BCUT2D eigenvalue weighted by Gasteiger charge is 2.30. The number of amides is 1. The zero-order chi connectivity index (χ0) is 19.1. The summed E-state index contributed by atoms with van der Waals surface area (Å²) < 4.78 is 24.4. The normalized spacial score (nSPS) is 17.7. The van der Waals surface area contributed by atoms with Gasteiger partial charge in [-0.15, -0.1) is 0 Å². The number of nitrogens with zero attached hydrogens (tertiary/aromatic N) is 1. The average molecular weight is 394 g/mol. The highest BCUT2D eigenvalue weighted by atomic mass is 35.5. The molecule has 138 valence electrons. The van der Waals surface area contributed by atoms with Crippen molar-refractivity contribution in [2.75, 3.05) is 19.8 Å². The van der Waals surface area contributed by atoms with Gasteiger partial charge in [0.1, 0.15) is 5.75 Å². The lowest BCUT2D eigenvalue weighted by atomic mass is 9.94. The van der Waals surface area contributed by atoms with Crippen LogP contribution in [0.25, 0.3) is 11.1 Å². The second-order valence-electron chi connectivity index (χ2n) is 6.68. The van der Waals surface area contributed by atoms with Crippen LogP contribution in [0.3, 0.4) is 0 Å². The molecule has 1 unspecified atom stereocenters. The smallest absolute Gasteiger partial charge is 0.225 e. The number of phenolic OH excluding ortho intramolecular Hbond substituents is 1. The first-order chi connectivity index (χ1) is 12.2. The number of carbonyl (C=O) groups is 1. The van der Waals surface area contributed by atoms with Crippen LogP contribution in [-0.4, -0.2) is 44.2 Å². The number of benzene rings is 2. The Labute approximate surface area is 158 Å². The Kier molecular flexibility index (Phi) is 4.99. The third-order valence-electron chi connectivity index (χ3n) is 4.76. The van der Waals surface area contributed by atoms with Gasteiger partial charge in [-0.1, -0.05) is 29.8 Å². The molecule has 2 aromatic carbocycles. The molecule has 3 rings (SSSR count). The monoisotopic (exact) mass is 393 g/mol. The van der Waals surface area contributed by atoms with E-state index in [1.54, 1.807) is 42.3 Å². The molecule has 1 atom stereocenters. The van der Waals surface area contributed by atoms with Crippen molar-refractivity contribution in [2.24, 2.45) is 5.92 Å². The van der Waals surface area contributed by atoms with Gasteiger partial charge in [0.25, 0.3) is 0 Å². The molecule has 0 spiro atoms. The molecule has 2 aromatic rings. The standard InChI is InChI=1S/C19H20ClNO4S/c1-21-10-9-14(19(21)23)11-13-5-8-16(26(2,24)25)17(18(13)22)12-3-6-15(20)7-4-12/h3-8,14,22H,9-11H2,1-2H3. The summed E-state index contributed by atoms with van der Waals surface area (Å²) in [4.78, 5) is 13.9. The van der Waals surface area contributed by atoms with Gasteiger partial charge in [-0.05, 0) is 42.2 Å². The highest BCUT2D eigenvalue weighted by molar-refractivity contribution is 7.90. The summed E-state index contributed by atoms with van der Waals surface area (Å²) in [6.45, 7) is 0.690. The van der Waals surface area contributed by atoms with Crippen molar-refractivity contribution in [1.29, 1.82) is 0 Å². The van der Waals surface area contributed by atoms with Crippen molar-refractivity contribution >= 4 is 27.3 Å². The largest absolute Gasteiger partial charge is 0.507 e. The molecule has 1 heterocycles. The quantitative estimate of drug-likeness (QED) is 0.865. The van der Waals surface area contributed by atoms with Crippen LogP contribution in [0.1, 0.15) is 12.0 Å². The number of aromatic hydroxyl groups is 1. The Morgan fingerprint density at radius 2 is 1.85 bits per heavy atom. The number of rotatable bonds is 4. The fraction of sp³-hybridized carbons (Fsp3) is 0.316. The number of halogens is 1. The van der Waals surface area contributed by atoms with Gasteiger partial charge in [0.15, 0.2) is 9.84 Å². The first-order valence-electron chi connectivity index (χ1n) is 8.24. The Morgan fingerprint density at radius 3 is 2.38 bits per heavy atom. The third-order valence-corrected chi connectivity index (χ3v) is 6.15. The lowest BCUT2D eigenvalue weighted by molar-refractivity contribution is -0.129. The van der Waals surface area contributed by atoms with Crippen molar-refractivity contribution in [3.63, 3.8) is 0 Å². The molecule has 5 nitrogen and oxygen atoms in total. The molecular weight excluding hydrogens is 374 g/mol. The molecule has 1 aliphatic rings. The second-order valence-corrected chi connectivity index (χ2v) is 9.10. The van der Waals surface area contributed by atoms with E-state index in [9.17, 15) is 18.3 Å². The van der Waals surface area contributed by atoms with Gasteiger partial charge < -0.3 is 10.0 Å². The summed E-state index contributed by atoms with van der Waals surface area (Å²) in [6, 6.07) is 9.72. The Morgan fingerprint density at radius 1 is 1.19 bits per heavy atom. The molecule has 0 bridgehead atoms. The maximum atomic E-state index is 12.2. The molecule has 1 saturated heterocycles. The van der Waals surface area contributed by atoms with E-state index in [1.165, 1.54) is 6.07 Å². The number of phenols is 1. The maximum absolute atomic E-state index is 12.2. The van der Waals surface area contributed by atoms with E-state index < -0.39 is 9.84 Å². The van der Waals surface area contributed by atoms with Crippen molar-refractivity contribution in [3.8, 4) is 16.9 Å². The fourth-order valence-electron chi connectivity index (χ4n) is 3.33. The van der Waals surface area contributed by atoms with Crippen molar-refractivity contribution in [1.82, 2.24) is 4.90 Å². The van der Waals surface area contributed by atoms with Gasteiger partial charge in [-0.2, -0.15) is 0 Å². The topological polar surface area (TPSA) is 74.7 Å². The van der Waals surface area contributed by atoms with Crippen LogP contribution < -0.4 is 0 Å². The lowest BCUT2D eigenvalue weighted by Gasteiger charge is -2.16. The van der Waals surface area contributed by atoms with Gasteiger partial charge in [-0.3, -0.25) is 4.79 Å². The molecule has 1 amide bonds. The first-order valence-corrected chi connectivity index (χ1v) is 10.5. The molecule has 1 N–H and O–H groups in total. The third kappa shape index (κ3) is 3.57. The molecule has 7 heteroatoms. The van der Waals surface area contributed by atoms with E-state index >= 15 is 0 Å². The first kappa shape index (κ1) is 18.7. The SMILES string of the molecule is CN1CCC(Cc2ccc(S(C)(=O)=O)c(-c3ccc(Cl)cc3)c2O)C1=O. The van der Waals surface area contributed by atoms with Gasteiger partial charge in [0.05, 0.1) is 4.90 Å². The molecule has 0 saturated carbocycles. The van der Waals surface area contributed by atoms with Crippen molar-refractivity contribution in [3.05, 3.63) is 47.0 Å². The Balaban J connectivity index is 2.10. The minimum Gasteiger partial charge on any atom is -0.507 e. The molecule has 0 aliphatic carbocycles. The predicted octanol–water partition coefficient (Wildman–Crippen LogP) is 3.14. The van der Waals surface area contributed by atoms with Gasteiger partial charge >= 0.3 is 0 Å². The number of hydrogen-bond donors (Lipinski definition) is 1. The highest BCUT2D eigenvalue weighted by Crippen LogP contribution is 2.40. The summed E-state index contributed by atoms with van der Waals surface area (Å²) in [6.07, 6.45) is 2.20. The zero-order valence-electron chi connectivity index (χ0n) is 14.6. The van der Waals surface area contributed by atoms with E-state index in [1.807, 2.05) is 0 Å². The molecule has 0 radical (unpaired) electrons. The molecule has 1 aliphatic heterocycles. The van der Waals surface area contributed by atoms with Crippen LogP contribution in [-0.2, 0) is 21.1 Å². The zero-order valence-corrected chi connectivity index (χ0v) is 16.1. The summed E-state index contributed by atoms with van der Waals surface area (Å²) >= 11 is 5.92. The number of hydrogen-bond acceptors (Lipinski definition) is 4. The lowest BCUT2D eigenvalue weighted by Crippen LogP contribution is -2.23. The van der Waals surface area contributed by atoms with Crippen LogP contribution in [0.15, 0.2) is 41.3 Å². The van der Waals surface area contributed by atoms with Gasteiger partial charge in [0, 0.05) is 36.4 Å². The summed E-state index contributed by atoms with van der Waals surface area (Å²) in [5.74, 6) is -0.254. The fourth-order valence-corrected chi connectivity index (χ4v) is 4.36. The van der Waals surface area contributed by atoms with E-state index in [4.69, 9.17) is 11.6 Å². The van der Waals surface area contributed by atoms with E-state index in [0.29, 0.717) is 29.1 Å². The van der Waals surface area contributed by atoms with Crippen molar-refractivity contribution in [2.45, 2.75) is 17.7 Å². The average Bonchev–Trinajstić information content (AvgIpc) is 2.88. The summed E-state index contributed by atoms with van der Waals surface area (Å²) in [5, 5.41) is 11.4. The number of likely N-dealkylation sites (tertiary alicyclic amines) is 1. The molecule has 1 fully saturated rings. The Hall–Kier alpha value is -2.05. The molecular formula is C19H20ClNO4S. The van der Waals surface area contributed by atoms with E-state index in [2.05, 4.69) is 0 Å². The minimum atomic E-state index is -3.55. The van der Waals surface area contributed by atoms with Crippen molar-refractivity contribution < 1.29 is 18.3 Å². The van der Waals surface area contributed by atoms with Crippen LogP contribution in [0.4, 0.5) is 0 Å².